The largest absolute Gasteiger partial charge is 0.477 e. The Bertz CT molecular complexity index is 1230. The van der Waals surface area contributed by atoms with Gasteiger partial charge in [0.1, 0.15) is 5.69 Å². The maximum Gasteiger partial charge on any atom is 0.352 e. The van der Waals surface area contributed by atoms with E-state index in [-0.39, 0.29) is 0 Å². The molecule has 164 valence electrons. The summed E-state index contributed by atoms with van der Waals surface area (Å²) in [7, 11) is 0. The van der Waals surface area contributed by atoms with Crippen molar-refractivity contribution in [2.75, 3.05) is 6.54 Å². The van der Waals surface area contributed by atoms with Gasteiger partial charge in [0.2, 0.25) is 0 Å². The number of para-hydroxylation sites is 1. The first-order valence-corrected chi connectivity index (χ1v) is 11.2. The predicted molar refractivity (Wildman–Crippen MR) is 130 cm³/mol. The van der Waals surface area contributed by atoms with Crippen molar-refractivity contribution in [3.8, 4) is 0 Å². The molecular weight excluding hydrogens is 396 g/mol. The summed E-state index contributed by atoms with van der Waals surface area (Å²) >= 11 is 0. The number of aromatic carboxylic acids is 1. The van der Waals surface area contributed by atoms with Gasteiger partial charge in [-0.25, -0.2) is 4.79 Å². The van der Waals surface area contributed by atoms with Crippen molar-refractivity contribution in [1.29, 1.82) is 0 Å². The molecule has 0 atom stereocenters. The average molecular weight is 427 g/mol. The first-order valence-electron chi connectivity index (χ1n) is 11.2. The third-order valence-electron chi connectivity index (χ3n) is 6.08. The third-order valence-corrected chi connectivity index (χ3v) is 6.08. The number of aryl methyl sites for hydroxylation is 3. The van der Waals surface area contributed by atoms with Crippen molar-refractivity contribution in [2.45, 2.75) is 39.8 Å². The molecule has 4 nitrogen and oxygen atoms in total. The van der Waals surface area contributed by atoms with E-state index in [1.54, 1.807) is 0 Å². The normalized spacial score (nSPS) is 11.2. The van der Waals surface area contributed by atoms with Gasteiger partial charge >= 0.3 is 5.97 Å². The monoisotopic (exact) mass is 426 g/mol. The van der Waals surface area contributed by atoms with Crippen molar-refractivity contribution in [3.63, 3.8) is 0 Å². The van der Waals surface area contributed by atoms with E-state index in [0.717, 1.165) is 41.4 Å². The van der Waals surface area contributed by atoms with Crippen LogP contribution >= 0.6 is 0 Å². The molecule has 2 N–H and O–H groups in total. The van der Waals surface area contributed by atoms with E-state index in [2.05, 4.69) is 61.6 Å². The number of rotatable bonds is 9. The highest BCUT2D eigenvalue weighted by Crippen LogP contribution is 2.28. The molecule has 0 spiro atoms. The van der Waals surface area contributed by atoms with Gasteiger partial charge in [0, 0.05) is 29.6 Å². The molecule has 32 heavy (non-hydrogen) atoms. The Hall–Kier alpha value is -3.37. The average Bonchev–Trinajstić information content (AvgIpc) is 3.10. The van der Waals surface area contributed by atoms with Crippen LogP contribution in [0.15, 0.2) is 72.8 Å². The number of carboxylic acid groups (broad SMARTS) is 1. The lowest BCUT2D eigenvalue weighted by Crippen LogP contribution is -2.19. The number of benzene rings is 3. The molecule has 0 saturated carbocycles. The molecule has 0 aliphatic heterocycles. The predicted octanol–water partition coefficient (Wildman–Crippen LogP) is 5.73. The van der Waals surface area contributed by atoms with Gasteiger partial charge in [0.05, 0.1) is 0 Å². The second-order valence-corrected chi connectivity index (χ2v) is 8.43. The van der Waals surface area contributed by atoms with Crippen LogP contribution in [0.5, 0.6) is 0 Å². The number of aromatic nitrogens is 1. The molecule has 4 rings (SSSR count). The fourth-order valence-electron chi connectivity index (χ4n) is 4.38. The zero-order valence-corrected chi connectivity index (χ0v) is 18.8. The fourth-order valence-corrected chi connectivity index (χ4v) is 4.38. The summed E-state index contributed by atoms with van der Waals surface area (Å²) in [5.41, 5.74) is 7.03. The van der Waals surface area contributed by atoms with E-state index in [0.29, 0.717) is 18.8 Å². The highest BCUT2D eigenvalue weighted by Gasteiger charge is 2.22. The lowest BCUT2D eigenvalue weighted by atomic mass is 10.1. The van der Waals surface area contributed by atoms with Crippen molar-refractivity contribution in [1.82, 2.24) is 9.88 Å². The number of carbonyl (C=O) groups is 1. The van der Waals surface area contributed by atoms with Gasteiger partial charge in [-0.3, -0.25) is 0 Å². The first kappa shape index (κ1) is 21.8. The molecule has 0 unspecified atom stereocenters. The van der Waals surface area contributed by atoms with Crippen LogP contribution in [0.1, 0.15) is 44.7 Å². The van der Waals surface area contributed by atoms with E-state index in [9.17, 15) is 9.90 Å². The van der Waals surface area contributed by atoms with Crippen LogP contribution < -0.4 is 5.32 Å². The Balaban J connectivity index is 1.58. The van der Waals surface area contributed by atoms with E-state index in [1.807, 2.05) is 34.9 Å². The summed E-state index contributed by atoms with van der Waals surface area (Å²) < 4.78 is 1.96. The van der Waals surface area contributed by atoms with Gasteiger partial charge < -0.3 is 15.0 Å². The second-order valence-electron chi connectivity index (χ2n) is 8.43. The highest BCUT2D eigenvalue weighted by molar-refractivity contribution is 5.98. The Morgan fingerprint density at radius 2 is 1.72 bits per heavy atom. The smallest absolute Gasteiger partial charge is 0.352 e. The molecular formula is C28H30N2O2. The molecule has 0 fully saturated rings. The van der Waals surface area contributed by atoms with Crippen LogP contribution in [0.2, 0.25) is 0 Å². The number of hydrogen-bond acceptors (Lipinski definition) is 2. The number of nitrogens with one attached hydrogen (secondary N) is 1. The minimum atomic E-state index is -0.882. The summed E-state index contributed by atoms with van der Waals surface area (Å²) in [4.78, 5) is 12.4. The number of carboxylic acids is 1. The molecule has 0 radical (unpaired) electrons. The highest BCUT2D eigenvalue weighted by atomic mass is 16.4. The second kappa shape index (κ2) is 9.84. The van der Waals surface area contributed by atoms with Crippen LogP contribution in [0.3, 0.4) is 0 Å². The van der Waals surface area contributed by atoms with E-state index < -0.39 is 5.97 Å². The lowest BCUT2D eigenvalue weighted by molar-refractivity contribution is 0.0684. The summed E-state index contributed by atoms with van der Waals surface area (Å²) in [6, 6.07) is 24.8. The van der Waals surface area contributed by atoms with Crippen LogP contribution in [-0.2, 0) is 19.5 Å². The number of hydrogen-bond donors (Lipinski definition) is 2. The fraction of sp³-hybridized carbons (Fsp3) is 0.250. The van der Waals surface area contributed by atoms with Crippen LogP contribution in [0, 0.1) is 13.8 Å². The molecule has 3 aromatic carbocycles. The molecule has 1 aromatic heterocycles. The van der Waals surface area contributed by atoms with E-state index >= 15 is 0 Å². The molecule has 4 aromatic rings. The molecule has 0 aliphatic carbocycles. The minimum absolute atomic E-state index is 0.377. The molecule has 4 heteroatoms. The van der Waals surface area contributed by atoms with Crippen molar-refractivity contribution < 1.29 is 9.90 Å². The number of nitrogens with zero attached hydrogens (tertiary/aromatic N) is 1. The Morgan fingerprint density at radius 1 is 0.969 bits per heavy atom. The summed E-state index contributed by atoms with van der Waals surface area (Å²) in [6.45, 7) is 6.07. The topological polar surface area (TPSA) is 54.3 Å². The van der Waals surface area contributed by atoms with Crippen LogP contribution in [-0.4, -0.2) is 22.2 Å². The SMILES string of the molecule is Cc1ccc(C)c(Cn2c(C(=O)O)c(CNCCCc3ccccc3)c3ccccc32)c1. The Labute approximate surface area is 189 Å². The number of fused-ring (bicyclic) bond motifs is 1. The van der Waals surface area contributed by atoms with E-state index in [4.69, 9.17) is 0 Å². The maximum absolute atomic E-state index is 12.4. The van der Waals surface area contributed by atoms with E-state index in [1.165, 1.54) is 16.7 Å². The molecule has 0 amide bonds. The summed E-state index contributed by atoms with van der Waals surface area (Å²) in [6.07, 6.45) is 2.02. The molecule has 0 aliphatic rings. The van der Waals surface area contributed by atoms with Crippen LogP contribution in [0.25, 0.3) is 10.9 Å². The quantitative estimate of drug-likeness (QED) is 0.336. The molecule has 0 bridgehead atoms. The van der Waals surface area contributed by atoms with Crippen molar-refractivity contribution in [3.05, 3.63) is 106 Å². The van der Waals surface area contributed by atoms with Gasteiger partial charge in [-0.1, -0.05) is 72.3 Å². The Kier molecular flexibility index (Phi) is 6.72. The standard InChI is InChI=1S/C28H30N2O2/c1-20-14-15-21(2)23(17-20)19-30-26-13-7-6-12-24(26)25(27(30)28(31)32)18-29-16-8-11-22-9-4-3-5-10-22/h3-7,9-10,12-15,17,29H,8,11,16,18-19H2,1-2H3,(H,31,32). The van der Waals surface area contributed by atoms with Gasteiger partial charge in [-0.2, -0.15) is 0 Å². The molecule has 0 saturated heterocycles. The zero-order valence-electron chi connectivity index (χ0n) is 18.8. The van der Waals surface area contributed by atoms with Gasteiger partial charge in [-0.15, -0.1) is 0 Å². The lowest BCUT2D eigenvalue weighted by Gasteiger charge is -2.13. The van der Waals surface area contributed by atoms with Crippen LogP contribution in [0.4, 0.5) is 0 Å². The molecule has 1 heterocycles. The first-order chi connectivity index (χ1) is 15.5. The van der Waals surface area contributed by atoms with Gasteiger partial charge in [0.25, 0.3) is 0 Å². The maximum atomic E-state index is 12.4. The third kappa shape index (κ3) is 4.76. The minimum Gasteiger partial charge on any atom is -0.477 e. The van der Waals surface area contributed by atoms with Crippen molar-refractivity contribution in [2.24, 2.45) is 0 Å². The van der Waals surface area contributed by atoms with Gasteiger partial charge in [-0.05, 0) is 56.0 Å². The van der Waals surface area contributed by atoms with Gasteiger partial charge in [0.15, 0.2) is 0 Å². The Morgan fingerprint density at radius 3 is 2.50 bits per heavy atom. The zero-order chi connectivity index (χ0) is 22.5. The van der Waals surface area contributed by atoms with Crippen molar-refractivity contribution >= 4 is 16.9 Å². The summed E-state index contributed by atoms with van der Waals surface area (Å²) in [5, 5.41) is 14.6. The summed E-state index contributed by atoms with van der Waals surface area (Å²) in [5.74, 6) is -0.882.